The summed E-state index contributed by atoms with van der Waals surface area (Å²) >= 11 is 0. The monoisotopic (exact) mass is 207 g/mol. The molecular weight excluding hydrogens is 190 g/mol. The molecule has 15 heavy (non-hydrogen) atoms. The van der Waals surface area contributed by atoms with Crippen LogP contribution in [0.3, 0.4) is 0 Å². The molecule has 0 radical (unpaired) electrons. The number of hydrogen-bond donors (Lipinski definition) is 1. The Morgan fingerprint density at radius 3 is 2.40 bits per heavy atom. The van der Waals surface area contributed by atoms with Gasteiger partial charge in [0.05, 0.1) is 13.2 Å². The fraction of sp³-hybridized carbons (Fsp3) is 0.500. The van der Waals surface area contributed by atoms with Crippen molar-refractivity contribution in [3.63, 3.8) is 0 Å². The molecule has 0 saturated carbocycles. The van der Waals surface area contributed by atoms with Crippen LogP contribution in [-0.4, -0.2) is 26.0 Å². The van der Waals surface area contributed by atoms with Gasteiger partial charge in [0.1, 0.15) is 0 Å². The third-order valence-electron chi connectivity index (χ3n) is 2.64. The van der Waals surface area contributed by atoms with Crippen LogP contribution in [0.2, 0.25) is 0 Å². The molecule has 3 heteroatoms. The van der Waals surface area contributed by atoms with Crippen LogP contribution >= 0.6 is 0 Å². The number of benzene rings is 1. The first-order chi connectivity index (χ1) is 7.40. The molecule has 3 nitrogen and oxygen atoms in total. The lowest BCUT2D eigenvalue weighted by Gasteiger charge is -2.29. The molecular formula is C12H17NO2. The zero-order chi connectivity index (χ0) is 10.5. The number of ether oxygens (including phenoxy) is 2. The maximum atomic E-state index is 5.58. The topological polar surface area (TPSA) is 44.5 Å². The van der Waals surface area contributed by atoms with Gasteiger partial charge in [0, 0.05) is 12.3 Å². The standard InChI is InChI=1S/C12H17NO2/c13-7-6-12-14-8-11(9-15-12)10-4-2-1-3-5-10/h1-5,11-12H,6-9,13H2. The van der Waals surface area contributed by atoms with Gasteiger partial charge in [0.25, 0.3) is 0 Å². The SMILES string of the molecule is NCCC1OCC(c2ccccc2)CO1. The molecule has 1 aromatic carbocycles. The summed E-state index contributed by atoms with van der Waals surface area (Å²) in [6.45, 7) is 2.07. The number of nitrogens with two attached hydrogens (primary N) is 1. The lowest BCUT2D eigenvalue weighted by Crippen LogP contribution is -2.32. The van der Waals surface area contributed by atoms with E-state index in [1.165, 1.54) is 5.56 Å². The van der Waals surface area contributed by atoms with Crippen molar-refractivity contribution in [2.75, 3.05) is 19.8 Å². The first kappa shape index (κ1) is 10.6. The van der Waals surface area contributed by atoms with E-state index in [4.69, 9.17) is 15.2 Å². The summed E-state index contributed by atoms with van der Waals surface area (Å²) in [7, 11) is 0. The van der Waals surface area contributed by atoms with Crippen molar-refractivity contribution in [3.05, 3.63) is 35.9 Å². The Kier molecular flexibility index (Phi) is 3.72. The van der Waals surface area contributed by atoms with Gasteiger partial charge in [-0.3, -0.25) is 0 Å². The summed E-state index contributed by atoms with van der Waals surface area (Å²) in [5.41, 5.74) is 6.73. The van der Waals surface area contributed by atoms with Crippen molar-refractivity contribution in [2.24, 2.45) is 5.73 Å². The summed E-state index contributed by atoms with van der Waals surface area (Å²) in [5, 5.41) is 0. The molecule has 82 valence electrons. The fourth-order valence-corrected chi connectivity index (χ4v) is 1.76. The van der Waals surface area contributed by atoms with E-state index in [1.807, 2.05) is 18.2 Å². The average molecular weight is 207 g/mol. The van der Waals surface area contributed by atoms with Crippen LogP contribution in [0.1, 0.15) is 17.9 Å². The molecule has 2 rings (SSSR count). The first-order valence-corrected chi connectivity index (χ1v) is 5.38. The van der Waals surface area contributed by atoms with Gasteiger partial charge in [0.15, 0.2) is 6.29 Å². The molecule has 1 saturated heterocycles. The van der Waals surface area contributed by atoms with Crippen molar-refractivity contribution in [3.8, 4) is 0 Å². The summed E-state index contributed by atoms with van der Waals surface area (Å²) in [4.78, 5) is 0. The third-order valence-corrected chi connectivity index (χ3v) is 2.64. The Balaban J connectivity index is 1.88. The van der Waals surface area contributed by atoms with Crippen LogP contribution in [0.5, 0.6) is 0 Å². The van der Waals surface area contributed by atoms with Gasteiger partial charge >= 0.3 is 0 Å². The Labute approximate surface area is 90.2 Å². The van der Waals surface area contributed by atoms with Gasteiger partial charge in [-0.2, -0.15) is 0 Å². The van der Waals surface area contributed by atoms with Gasteiger partial charge in [-0.05, 0) is 12.1 Å². The van der Waals surface area contributed by atoms with Crippen LogP contribution in [0.4, 0.5) is 0 Å². The zero-order valence-electron chi connectivity index (χ0n) is 8.76. The Morgan fingerprint density at radius 2 is 1.80 bits per heavy atom. The lowest BCUT2D eigenvalue weighted by atomic mass is 10.0. The van der Waals surface area contributed by atoms with Crippen LogP contribution in [0, 0.1) is 0 Å². The van der Waals surface area contributed by atoms with E-state index in [2.05, 4.69) is 12.1 Å². The highest BCUT2D eigenvalue weighted by Gasteiger charge is 2.22. The minimum Gasteiger partial charge on any atom is -0.352 e. The summed E-state index contributed by atoms with van der Waals surface area (Å²) < 4.78 is 11.2. The Bertz CT molecular complexity index is 281. The average Bonchev–Trinajstić information content (AvgIpc) is 2.32. The third kappa shape index (κ3) is 2.78. The predicted octanol–water partition coefficient (Wildman–Crippen LogP) is 1.49. The van der Waals surface area contributed by atoms with E-state index in [-0.39, 0.29) is 6.29 Å². The van der Waals surface area contributed by atoms with Gasteiger partial charge in [-0.25, -0.2) is 0 Å². The van der Waals surface area contributed by atoms with E-state index in [1.54, 1.807) is 0 Å². The van der Waals surface area contributed by atoms with Crippen LogP contribution < -0.4 is 5.73 Å². The maximum absolute atomic E-state index is 5.58. The number of hydrogen-bond acceptors (Lipinski definition) is 3. The van der Waals surface area contributed by atoms with E-state index in [0.717, 1.165) is 19.6 Å². The second-order valence-corrected chi connectivity index (χ2v) is 3.78. The number of rotatable bonds is 3. The molecule has 1 aliphatic rings. The maximum Gasteiger partial charge on any atom is 0.158 e. The molecule has 1 heterocycles. The molecule has 2 N–H and O–H groups in total. The summed E-state index contributed by atoms with van der Waals surface area (Å²) in [5.74, 6) is 0.361. The molecule has 0 aliphatic carbocycles. The van der Waals surface area contributed by atoms with Crippen LogP contribution in [0.25, 0.3) is 0 Å². The van der Waals surface area contributed by atoms with Crippen molar-refractivity contribution in [1.29, 1.82) is 0 Å². The zero-order valence-corrected chi connectivity index (χ0v) is 8.76. The predicted molar refractivity (Wildman–Crippen MR) is 58.5 cm³/mol. The van der Waals surface area contributed by atoms with Gasteiger partial charge in [0.2, 0.25) is 0 Å². The smallest absolute Gasteiger partial charge is 0.158 e. The second kappa shape index (κ2) is 5.26. The highest BCUT2D eigenvalue weighted by atomic mass is 16.7. The Morgan fingerprint density at radius 1 is 1.13 bits per heavy atom. The van der Waals surface area contributed by atoms with Crippen molar-refractivity contribution >= 4 is 0 Å². The van der Waals surface area contributed by atoms with Gasteiger partial charge in [-0.15, -0.1) is 0 Å². The summed E-state index contributed by atoms with van der Waals surface area (Å²) in [6, 6.07) is 10.3. The van der Waals surface area contributed by atoms with E-state index in [0.29, 0.717) is 12.5 Å². The summed E-state index contributed by atoms with van der Waals surface area (Å²) in [6.07, 6.45) is 0.677. The minimum absolute atomic E-state index is 0.102. The van der Waals surface area contributed by atoms with Crippen LogP contribution in [-0.2, 0) is 9.47 Å². The van der Waals surface area contributed by atoms with Gasteiger partial charge < -0.3 is 15.2 Å². The normalized spacial score (nSPS) is 26.5. The Hall–Kier alpha value is -0.900. The largest absolute Gasteiger partial charge is 0.352 e. The second-order valence-electron chi connectivity index (χ2n) is 3.78. The van der Waals surface area contributed by atoms with Crippen molar-refractivity contribution in [1.82, 2.24) is 0 Å². The molecule has 0 unspecified atom stereocenters. The fourth-order valence-electron chi connectivity index (χ4n) is 1.76. The first-order valence-electron chi connectivity index (χ1n) is 5.38. The van der Waals surface area contributed by atoms with Gasteiger partial charge in [-0.1, -0.05) is 30.3 Å². The molecule has 0 spiro atoms. The molecule has 1 aliphatic heterocycles. The molecule has 1 aromatic rings. The van der Waals surface area contributed by atoms with Crippen molar-refractivity contribution < 1.29 is 9.47 Å². The molecule has 0 bridgehead atoms. The van der Waals surface area contributed by atoms with Crippen molar-refractivity contribution in [2.45, 2.75) is 18.6 Å². The highest BCUT2D eigenvalue weighted by molar-refractivity contribution is 5.19. The minimum atomic E-state index is -0.102. The molecule has 0 atom stereocenters. The highest BCUT2D eigenvalue weighted by Crippen LogP contribution is 2.22. The van der Waals surface area contributed by atoms with E-state index in [9.17, 15) is 0 Å². The molecule has 1 fully saturated rings. The van der Waals surface area contributed by atoms with Crippen LogP contribution in [0.15, 0.2) is 30.3 Å². The molecule has 0 amide bonds. The lowest BCUT2D eigenvalue weighted by molar-refractivity contribution is -0.188. The quantitative estimate of drug-likeness (QED) is 0.816. The van der Waals surface area contributed by atoms with E-state index >= 15 is 0 Å². The molecule has 0 aromatic heterocycles. The van der Waals surface area contributed by atoms with E-state index < -0.39 is 0 Å².